The van der Waals surface area contributed by atoms with E-state index < -0.39 is 0 Å². The molecule has 6 heteroatoms. The van der Waals surface area contributed by atoms with Gasteiger partial charge in [-0.05, 0) is 49.1 Å². The SMILES string of the molecule is Cc1nc2cc(Oc3cccc(-[n+]4[c-]n(C)c5ccccc54)c3)cc(-c3cc(C(C)(C)C)ccn3)n2c1C. The largest absolute Gasteiger partial charge is 0.458 e. The summed E-state index contributed by atoms with van der Waals surface area (Å²) in [6.07, 6.45) is 5.28. The van der Waals surface area contributed by atoms with Crippen LogP contribution in [-0.4, -0.2) is 18.9 Å². The zero-order valence-corrected chi connectivity index (χ0v) is 22.6. The first-order valence-corrected chi connectivity index (χ1v) is 12.8. The molecule has 6 rings (SSSR count). The maximum absolute atomic E-state index is 6.46. The fourth-order valence-electron chi connectivity index (χ4n) is 4.90. The van der Waals surface area contributed by atoms with Crippen LogP contribution in [0.4, 0.5) is 0 Å². The van der Waals surface area contributed by atoms with E-state index in [2.05, 4.69) is 79.4 Å². The van der Waals surface area contributed by atoms with Gasteiger partial charge in [0.25, 0.3) is 0 Å². The molecule has 38 heavy (non-hydrogen) atoms. The summed E-state index contributed by atoms with van der Waals surface area (Å²) in [5.41, 5.74) is 9.19. The van der Waals surface area contributed by atoms with Crippen molar-refractivity contribution in [2.45, 2.75) is 40.0 Å². The number of hydrogen-bond donors (Lipinski definition) is 0. The van der Waals surface area contributed by atoms with Crippen LogP contribution < -0.4 is 9.30 Å². The molecule has 0 aliphatic carbocycles. The Hall–Kier alpha value is -4.45. The first-order chi connectivity index (χ1) is 18.2. The molecule has 0 aliphatic heterocycles. The van der Waals surface area contributed by atoms with E-state index in [-0.39, 0.29) is 5.41 Å². The summed E-state index contributed by atoms with van der Waals surface area (Å²) in [7, 11) is 2.01. The van der Waals surface area contributed by atoms with Gasteiger partial charge in [-0.2, -0.15) is 0 Å². The average molecular weight is 502 g/mol. The molecular formula is C32H31N5O. The lowest BCUT2D eigenvalue weighted by molar-refractivity contribution is -0.572. The van der Waals surface area contributed by atoms with Gasteiger partial charge >= 0.3 is 0 Å². The number of aromatic nitrogens is 5. The van der Waals surface area contributed by atoms with Gasteiger partial charge in [0, 0.05) is 24.0 Å². The van der Waals surface area contributed by atoms with E-state index in [0.717, 1.165) is 50.9 Å². The molecule has 0 spiro atoms. The summed E-state index contributed by atoms with van der Waals surface area (Å²) in [6, 6.07) is 24.6. The Morgan fingerprint density at radius 2 is 1.71 bits per heavy atom. The molecule has 190 valence electrons. The lowest BCUT2D eigenvalue weighted by Crippen LogP contribution is -2.29. The molecule has 0 amide bonds. The lowest BCUT2D eigenvalue weighted by Gasteiger charge is -2.20. The number of rotatable bonds is 4. The van der Waals surface area contributed by atoms with Crippen molar-refractivity contribution < 1.29 is 9.30 Å². The number of aryl methyl sites for hydroxylation is 3. The zero-order chi connectivity index (χ0) is 26.6. The number of ether oxygens (including phenoxy) is 1. The summed E-state index contributed by atoms with van der Waals surface area (Å²) in [6.45, 7) is 10.8. The zero-order valence-electron chi connectivity index (χ0n) is 22.6. The highest BCUT2D eigenvalue weighted by atomic mass is 16.5. The fraction of sp³-hybridized carbons (Fsp3) is 0.219. The van der Waals surface area contributed by atoms with Crippen molar-refractivity contribution in [3.8, 4) is 28.6 Å². The Balaban J connectivity index is 1.44. The van der Waals surface area contributed by atoms with Crippen LogP contribution in [0.15, 0.2) is 79.0 Å². The van der Waals surface area contributed by atoms with Crippen molar-refractivity contribution in [2.24, 2.45) is 7.05 Å². The van der Waals surface area contributed by atoms with E-state index in [0.29, 0.717) is 5.75 Å². The topological polar surface area (TPSA) is 48.2 Å². The second-order valence-electron chi connectivity index (χ2n) is 10.8. The molecule has 4 aromatic heterocycles. The Labute approximate surface area is 222 Å². The average Bonchev–Trinajstić information content (AvgIpc) is 3.39. The molecule has 0 aliphatic rings. The minimum absolute atomic E-state index is 0.0154. The normalized spacial score (nSPS) is 11.9. The van der Waals surface area contributed by atoms with E-state index in [4.69, 9.17) is 14.7 Å². The highest BCUT2D eigenvalue weighted by Gasteiger charge is 2.18. The van der Waals surface area contributed by atoms with Crippen molar-refractivity contribution in [1.82, 2.24) is 18.9 Å². The van der Waals surface area contributed by atoms with E-state index in [9.17, 15) is 0 Å². The number of imidazole rings is 2. The lowest BCUT2D eigenvalue weighted by atomic mass is 9.87. The minimum atomic E-state index is 0.0154. The monoisotopic (exact) mass is 501 g/mol. The summed E-state index contributed by atoms with van der Waals surface area (Å²) < 4.78 is 12.7. The van der Waals surface area contributed by atoms with E-state index >= 15 is 0 Å². The quantitative estimate of drug-likeness (QED) is 0.200. The molecule has 0 unspecified atom stereocenters. The van der Waals surface area contributed by atoms with Gasteiger partial charge < -0.3 is 13.9 Å². The van der Waals surface area contributed by atoms with Crippen molar-refractivity contribution in [3.05, 3.63) is 102 Å². The third-order valence-electron chi connectivity index (χ3n) is 7.10. The van der Waals surface area contributed by atoms with Gasteiger partial charge in [-0.3, -0.25) is 9.38 Å². The smallest absolute Gasteiger partial charge is 0.244 e. The van der Waals surface area contributed by atoms with Gasteiger partial charge in [0.2, 0.25) is 6.33 Å². The van der Waals surface area contributed by atoms with E-state index in [1.54, 1.807) is 0 Å². The maximum Gasteiger partial charge on any atom is 0.244 e. The first-order valence-electron chi connectivity index (χ1n) is 12.8. The van der Waals surface area contributed by atoms with Gasteiger partial charge in [0.1, 0.15) is 17.1 Å². The Morgan fingerprint density at radius 1 is 0.895 bits per heavy atom. The highest BCUT2D eigenvalue weighted by molar-refractivity contribution is 5.72. The molecule has 6 nitrogen and oxygen atoms in total. The van der Waals surface area contributed by atoms with Crippen molar-refractivity contribution >= 4 is 16.7 Å². The number of fused-ring (bicyclic) bond motifs is 2. The Morgan fingerprint density at radius 3 is 2.53 bits per heavy atom. The summed E-state index contributed by atoms with van der Waals surface area (Å²) in [5, 5.41) is 0. The second kappa shape index (κ2) is 8.84. The highest BCUT2D eigenvalue weighted by Crippen LogP contribution is 2.32. The van der Waals surface area contributed by atoms with Crippen LogP contribution in [0.5, 0.6) is 11.5 Å². The van der Waals surface area contributed by atoms with E-state index in [1.807, 2.05) is 61.1 Å². The van der Waals surface area contributed by atoms with Gasteiger partial charge in [0.15, 0.2) is 0 Å². The fourth-order valence-corrected chi connectivity index (χ4v) is 4.90. The molecule has 0 N–H and O–H groups in total. The predicted octanol–water partition coefficient (Wildman–Crippen LogP) is 6.67. The number of hydrogen-bond acceptors (Lipinski definition) is 3. The standard InChI is InChI=1S/C32H31N5O/c1-21-22(2)37-30(27-16-23(14-15-33-27)32(3,4)5)18-26(19-31(37)34-21)38-25-11-9-10-24(17-25)36-20-35(6)28-12-7-8-13-29(28)36/h7-19H,1-6H3. The Kier molecular flexibility index (Phi) is 5.56. The molecule has 0 fully saturated rings. The molecule has 6 aromatic rings. The third kappa shape index (κ3) is 4.12. The number of benzene rings is 2. The molecular weight excluding hydrogens is 470 g/mol. The first kappa shape index (κ1) is 23.9. The molecule has 0 saturated carbocycles. The molecule has 2 aromatic carbocycles. The van der Waals surface area contributed by atoms with Crippen LogP contribution in [0.3, 0.4) is 0 Å². The van der Waals surface area contributed by atoms with Crippen molar-refractivity contribution in [2.75, 3.05) is 0 Å². The van der Waals surface area contributed by atoms with Gasteiger partial charge in [-0.15, -0.1) is 0 Å². The molecule has 0 bridgehead atoms. The van der Waals surface area contributed by atoms with Gasteiger partial charge in [-0.25, -0.2) is 4.98 Å². The second-order valence-corrected chi connectivity index (χ2v) is 10.8. The summed E-state index contributed by atoms with van der Waals surface area (Å²) in [5.74, 6) is 1.45. The molecule has 4 heterocycles. The van der Waals surface area contributed by atoms with Crippen molar-refractivity contribution in [3.63, 3.8) is 0 Å². The third-order valence-corrected chi connectivity index (χ3v) is 7.10. The predicted molar refractivity (Wildman–Crippen MR) is 150 cm³/mol. The Bertz CT molecular complexity index is 1820. The van der Waals surface area contributed by atoms with Crippen LogP contribution in [0.25, 0.3) is 33.8 Å². The van der Waals surface area contributed by atoms with Gasteiger partial charge in [0.05, 0.1) is 40.9 Å². The van der Waals surface area contributed by atoms with E-state index in [1.165, 1.54) is 5.56 Å². The number of pyridine rings is 2. The molecule has 0 radical (unpaired) electrons. The minimum Gasteiger partial charge on any atom is -0.458 e. The van der Waals surface area contributed by atoms with Crippen LogP contribution in [0, 0.1) is 20.2 Å². The summed E-state index contributed by atoms with van der Waals surface area (Å²) >= 11 is 0. The maximum atomic E-state index is 6.46. The number of para-hydroxylation sites is 2. The van der Waals surface area contributed by atoms with Crippen LogP contribution in [-0.2, 0) is 12.5 Å². The van der Waals surface area contributed by atoms with Crippen LogP contribution >= 0.6 is 0 Å². The number of nitrogens with zero attached hydrogens (tertiary/aromatic N) is 5. The van der Waals surface area contributed by atoms with Gasteiger partial charge in [-0.1, -0.05) is 57.2 Å². The van der Waals surface area contributed by atoms with Crippen LogP contribution in [0.2, 0.25) is 0 Å². The summed E-state index contributed by atoms with van der Waals surface area (Å²) in [4.78, 5) is 9.56. The van der Waals surface area contributed by atoms with Crippen molar-refractivity contribution in [1.29, 1.82) is 0 Å². The van der Waals surface area contributed by atoms with Crippen LogP contribution in [0.1, 0.15) is 37.7 Å². The molecule has 0 saturated heterocycles. The molecule has 0 atom stereocenters.